The number of para-hydroxylation sites is 1. The van der Waals surface area contributed by atoms with Gasteiger partial charge in [0.2, 0.25) is 0 Å². The lowest BCUT2D eigenvalue weighted by molar-refractivity contribution is 0.596. The number of unbranched alkanes of at least 4 members (excludes halogenated alkanes) is 1. The van der Waals surface area contributed by atoms with Gasteiger partial charge in [-0.15, -0.1) is 0 Å². The Balaban J connectivity index is 2.49. The molecule has 0 spiro atoms. The Labute approximate surface area is 132 Å². The lowest BCUT2D eigenvalue weighted by atomic mass is 10.2. The van der Waals surface area contributed by atoms with Crippen molar-refractivity contribution in [2.75, 3.05) is 4.31 Å². The van der Waals surface area contributed by atoms with E-state index in [2.05, 4.69) is 12.0 Å². The Morgan fingerprint density at radius 1 is 1.00 bits per heavy atom. The van der Waals surface area contributed by atoms with Crippen molar-refractivity contribution >= 4 is 15.7 Å². The second kappa shape index (κ2) is 7.15. The largest absolute Gasteiger partial charge is 0.275 e. The minimum absolute atomic E-state index is 0.243. The summed E-state index contributed by atoms with van der Waals surface area (Å²) >= 11 is 0. The van der Waals surface area contributed by atoms with Gasteiger partial charge in [0, 0.05) is 12.5 Å². The molecule has 0 aliphatic rings. The molecular weight excluding hydrogens is 294 g/mol. The van der Waals surface area contributed by atoms with Crippen molar-refractivity contribution in [1.29, 1.82) is 0 Å². The van der Waals surface area contributed by atoms with E-state index in [1.807, 2.05) is 19.9 Å². The van der Waals surface area contributed by atoms with Crippen LogP contribution in [0.1, 0.15) is 25.3 Å². The fraction of sp³-hybridized carbons (Fsp3) is 0.222. The molecule has 0 saturated heterocycles. The van der Waals surface area contributed by atoms with Crippen LogP contribution in [0.25, 0.3) is 0 Å². The molecule has 0 aromatic heterocycles. The van der Waals surface area contributed by atoms with Crippen molar-refractivity contribution in [2.45, 2.75) is 31.6 Å². The third-order valence-corrected chi connectivity index (χ3v) is 4.76. The lowest BCUT2D eigenvalue weighted by Crippen LogP contribution is -2.26. The molecule has 2 aromatic carbocycles. The van der Waals surface area contributed by atoms with Crippen LogP contribution in [0.3, 0.4) is 0 Å². The Hall–Kier alpha value is -2.25. The van der Waals surface area contributed by atoms with Gasteiger partial charge in [-0.1, -0.05) is 48.7 Å². The predicted octanol–water partition coefficient (Wildman–Crippen LogP) is 3.95. The van der Waals surface area contributed by atoms with E-state index < -0.39 is 10.0 Å². The minimum atomic E-state index is -3.69. The van der Waals surface area contributed by atoms with Crippen molar-refractivity contribution in [3.05, 3.63) is 60.2 Å². The van der Waals surface area contributed by atoms with Crippen LogP contribution in [0.15, 0.2) is 59.5 Å². The summed E-state index contributed by atoms with van der Waals surface area (Å²) in [6, 6.07) is 18.5. The number of benzene rings is 2. The summed E-state index contributed by atoms with van der Waals surface area (Å²) in [7, 11) is -3.69. The summed E-state index contributed by atoms with van der Waals surface area (Å²) in [5, 5.41) is 0. The summed E-state index contributed by atoms with van der Waals surface area (Å²) in [4.78, 5) is 0.243. The Morgan fingerprint density at radius 3 is 2.23 bits per heavy atom. The number of hydrogen-bond donors (Lipinski definition) is 0. The first-order chi connectivity index (χ1) is 10.6. The SMILES string of the molecule is CCCC#CN(c1ccccc1)S(=O)(=O)c1ccc(C)cc1. The maximum absolute atomic E-state index is 12.9. The highest BCUT2D eigenvalue weighted by atomic mass is 32.2. The van der Waals surface area contributed by atoms with Crippen LogP contribution < -0.4 is 4.31 Å². The van der Waals surface area contributed by atoms with Crippen LogP contribution in [0.5, 0.6) is 0 Å². The molecular formula is C18H19NO2S. The normalized spacial score (nSPS) is 10.6. The highest BCUT2D eigenvalue weighted by Gasteiger charge is 2.23. The van der Waals surface area contributed by atoms with E-state index in [9.17, 15) is 8.42 Å². The predicted molar refractivity (Wildman–Crippen MR) is 90.0 cm³/mol. The highest BCUT2D eigenvalue weighted by Crippen LogP contribution is 2.23. The molecule has 2 aromatic rings. The summed E-state index contributed by atoms with van der Waals surface area (Å²) in [5.41, 5.74) is 1.56. The second-order valence-corrected chi connectivity index (χ2v) is 6.74. The van der Waals surface area contributed by atoms with Gasteiger partial charge in [-0.25, -0.2) is 8.42 Å². The molecule has 0 bridgehead atoms. The zero-order chi connectivity index (χ0) is 16.0. The van der Waals surface area contributed by atoms with E-state index >= 15 is 0 Å². The molecule has 2 rings (SSSR count). The first kappa shape index (κ1) is 16.1. The summed E-state index contributed by atoms with van der Waals surface area (Å²) in [6.45, 7) is 3.93. The number of aryl methyl sites for hydroxylation is 1. The molecule has 114 valence electrons. The van der Waals surface area contributed by atoms with Gasteiger partial charge in [-0.05, 0) is 37.6 Å². The molecule has 0 saturated carbocycles. The van der Waals surface area contributed by atoms with Gasteiger partial charge in [0.05, 0.1) is 10.6 Å². The Bertz CT molecular complexity index is 769. The number of anilines is 1. The fourth-order valence-corrected chi connectivity index (χ4v) is 3.17. The van der Waals surface area contributed by atoms with E-state index in [0.29, 0.717) is 12.1 Å². The summed E-state index contributed by atoms with van der Waals surface area (Å²) < 4.78 is 26.9. The smallest absolute Gasteiger partial charge is 0.200 e. The quantitative estimate of drug-likeness (QED) is 0.633. The molecule has 0 aliphatic heterocycles. The van der Waals surface area contributed by atoms with Gasteiger partial charge in [0.1, 0.15) is 0 Å². The van der Waals surface area contributed by atoms with Gasteiger partial charge in [-0.3, -0.25) is 0 Å². The summed E-state index contributed by atoms with van der Waals surface area (Å²) in [6.07, 6.45) is 1.55. The molecule has 0 heterocycles. The minimum Gasteiger partial charge on any atom is -0.200 e. The van der Waals surface area contributed by atoms with Crippen LogP contribution in [-0.2, 0) is 10.0 Å². The third kappa shape index (κ3) is 3.69. The monoisotopic (exact) mass is 313 g/mol. The van der Waals surface area contributed by atoms with Crippen LogP contribution in [0.2, 0.25) is 0 Å². The van der Waals surface area contributed by atoms with Crippen LogP contribution in [-0.4, -0.2) is 8.42 Å². The van der Waals surface area contributed by atoms with E-state index in [4.69, 9.17) is 0 Å². The van der Waals surface area contributed by atoms with Crippen LogP contribution in [0.4, 0.5) is 5.69 Å². The third-order valence-electron chi connectivity index (χ3n) is 3.11. The van der Waals surface area contributed by atoms with Crippen molar-refractivity contribution in [3.63, 3.8) is 0 Å². The molecule has 0 fully saturated rings. The Morgan fingerprint density at radius 2 is 1.64 bits per heavy atom. The number of nitrogens with zero attached hydrogens (tertiary/aromatic N) is 1. The molecule has 0 aliphatic carbocycles. The number of sulfonamides is 1. The summed E-state index contributed by atoms with van der Waals surface area (Å²) in [5.74, 6) is 2.92. The molecule has 0 radical (unpaired) electrons. The number of hydrogen-bond acceptors (Lipinski definition) is 2. The van der Waals surface area contributed by atoms with Crippen LogP contribution >= 0.6 is 0 Å². The van der Waals surface area contributed by atoms with Gasteiger partial charge in [0.15, 0.2) is 0 Å². The first-order valence-corrected chi connectivity index (χ1v) is 8.65. The lowest BCUT2D eigenvalue weighted by Gasteiger charge is -2.18. The van der Waals surface area contributed by atoms with Crippen molar-refractivity contribution in [3.8, 4) is 12.0 Å². The molecule has 0 amide bonds. The molecule has 3 nitrogen and oxygen atoms in total. The zero-order valence-corrected chi connectivity index (χ0v) is 13.6. The van der Waals surface area contributed by atoms with E-state index in [-0.39, 0.29) is 4.90 Å². The molecule has 22 heavy (non-hydrogen) atoms. The molecule has 4 heteroatoms. The van der Waals surface area contributed by atoms with Crippen molar-refractivity contribution in [1.82, 2.24) is 0 Å². The average molecular weight is 313 g/mol. The van der Waals surface area contributed by atoms with Crippen molar-refractivity contribution < 1.29 is 8.42 Å². The highest BCUT2D eigenvalue weighted by molar-refractivity contribution is 7.93. The fourth-order valence-electron chi connectivity index (χ4n) is 1.90. The Kier molecular flexibility index (Phi) is 5.24. The maximum atomic E-state index is 12.9. The van der Waals surface area contributed by atoms with Gasteiger partial charge in [-0.2, -0.15) is 4.31 Å². The average Bonchev–Trinajstić information content (AvgIpc) is 2.52. The van der Waals surface area contributed by atoms with Gasteiger partial charge in [0.25, 0.3) is 10.0 Å². The van der Waals surface area contributed by atoms with E-state index in [0.717, 1.165) is 16.3 Å². The topological polar surface area (TPSA) is 37.4 Å². The van der Waals surface area contributed by atoms with E-state index in [1.54, 1.807) is 48.5 Å². The number of rotatable bonds is 4. The zero-order valence-electron chi connectivity index (χ0n) is 12.8. The van der Waals surface area contributed by atoms with Gasteiger partial charge < -0.3 is 0 Å². The first-order valence-electron chi connectivity index (χ1n) is 7.21. The molecule has 0 N–H and O–H groups in total. The molecule has 0 unspecified atom stereocenters. The van der Waals surface area contributed by atoms with Crippen LogP contribution in [0, 0.1) is 18.9 Å². The van der Waals surface area contributed by atoms with Crippen molar-refractivity contribution in [2.24, 2.45) is 0 Å². The second-order valence-electron chi connectivity index (χ2n) is 4.96. The van der Waals surface area contributed by atoms with Gasteiger partial charge >= 0.3 is 0 Å². The molecule has 0 atom stereocenters. The standard InChI is InChI=1S/C18H19NO2S/c1-3-4-8-15-19(17-9-6-5-7-10-17)22(20,21)18-13-11-16(2)12-14-18/h5-7,9-14H,3-4H2,1-2H3. The van der Waals surface area contributed by atoms with E-state index in [1.165, 1.54) is 0 Å². The maximum Gasteiger partial charge on any atom is 0.275 e.